The van der Waals surface area contributed by atoms with E-state index in [1.54, 1.807) is 6.92 Å². The van der Waals surface area contributed by atoms with Crippen molar-refractivity contribution in [3.63, 3.8) is 0 Å². The zero-order valence-electron chi connectivity index (χ0n) is 12.7. The normalized spacial score (nSPS) is 11.4. The molecular weight excluding hydrogens is 244 g/mol. The van der Waals surface area contributed by atoms with E-state index >= 15 is 0 Å². The smallest absolute Gasteiger partial charge is 0.134 e. The van der Waals surface area contributed by atoms with Crippen molar-refractivity contribution in [2.24, 2.45) is 0 Å². The summed E-state index contributed by atoms with van der Waals surface area (Å²) in [6.07, 6.45) is 0.497. The molecule has 0 heterocycles. The predicted octanol–water partition coefficient (Wildman–Crippen LogP) is 4.78. The van der Waals surface area contributed by atoms with E-state index in [9.17, 15) is 4.79 Å². The highest BCUT2D eigenvalue weighted by Gasteiger charge is 2.13. The van der Waals surface area contributed by atoms with Crippen molar-refractivity contribution in [2.45, 2.75) is 39.5 Å². The molecule has 0 amide bonds. The average molecular weight is 266 g/mol. The quantitative estimate of drug-likeness (QED) is 0.781. The summed E-state index contributed by atoms with van der Waals surface area (Å²) in [6, 6.07) is 16.8. The Morgan fingerprint density at radius 2 is 1.55 bits per heavy atom. The lowest BCUT2D eigenvalue weighted by atomic mass is 9.86. The van der Waals surface area contributed by atoms with E-state index in [0.717, 1.165) is 11.1 Å². The van der Waals surface area contributed by atoms with Gasteiger partial charge in [-0.25, -0.2) is 0 Å². The maximum absolute atomic E-state index is 11.4. The fourth-order valence-corrected chi connectivity index (χ4v) is 2.37. The highest BCUT2D eigenvalue weighted by molar-refractivity contribution is 5.81. The molecule has 0 atom stereocenters. The van der Waals surface area contributed by atoms with E-state index in [1.165, 1.54) is 11.1 Å². The van der Waals surface area contributed by atoms with Gasteiger partial charge in [0.15, 0.2) is 0 Å². The number of hydrogen-bond acceptors (Lipinski definition) is 1. The molecule has 20 heavy (non-hydrogen) atoms. The van der Waals surface area contributed by atoms with Crippen LogP contribution in [0.5, 0.6) is 0 Å². The standard InChI is InChI=1S/C19H22O/c1-14(20)13-16-7-5-6-8-18(16)15-9-11-17(12-10-15)19(2,3)4/h5-12H,13H2,1-4H3. The molecule has 104 valence electrons. The maximum atomic E-state index is 11.4. The fourth-order valence-electron chi connectivity index (χ4n) is 2.37. The van der Waals surface area contributed by atoms with Gasteiger partial charge in [0.05, 0.1) is 0 Å². The Morgan fingerprint density at radius 1 is 0.950 bits per heavy atom. The highest BCUT2D eigenvalue weighted by Crippen LogP contribution is 2.28. The molecule has 0 spiro atoms. The van der Waals surface area contributed by atoms with Gasteiger partial charge in [-0.2, -0.15) is 0 Å². The van der Waals surface area contributed by atoms with Gasteiger partial charge in [0, 0.05) is 6.42 Å². The van der Waals surface area contributed by atoms with Crippen molar-refractivity contribution < 1.29 is 4.79 Å². The molecule has 0 aromatic heterocycles. The molecule has 0 aliphatic heterocycles. The molecule has 2 aromatic carbocycles. The number of benzene rings is 2. The van der Waals surface area contributed by atoms with Crippen LogP contribution < -0.4 is 0 Å². The van der Waals surface area contributed by atoms with E-state index in [2.05, 4.69) is 51.1 Å². The third kappa shape index (κ3) is 3.36. The van der Waals surface area contributed by atoms with Gasteiger partial charge in [-0.05, 0) is 34.6 Å². The van der Waals surface area contributed by atoms with Gasteiger partial charge in [-0.3, -0.25) is 4.79 Å². The summed E-state index contributed by atoms with van der Waals surface area (Å²) >= 11 is 0. The summed E-state index contributed by atoms with van der Waals surface area (Å²) in [7, 11) is 0. The Labute approximate surface area is 121 Å². The molecule has 0 N–H and O–H groups in total. The number of carbonyl (C=O) groups is 1. The summed E-state index contributed by atoms with van der Waals surface area (Å²) in [5.41, 5.74) is 4.92. The molecule has 1 nitrogen and oxygen atoms in total. The van der Waals surface area contributed by atoms with Gasteiger partial charge in [0.2, 0.25) is 0 Å². The van der Waals surface area contributed by atoms with Crippen LogP contribution in [-0.4, -0.2) is 5.78 Å². The van der Waals surface area contributed by atoms with Crippen LogP contribution in [-0.2, 0) is 16.6 Å². The maximum Gasteiger partial charge on any atom is 0.134 e. The Kier molecular flexibility index (Phi) is 4.08. The predicted molar refractivity (Wildman–Crippen MR) is 85.0 cm³/mol. The van der Waals surface area contributed by atoms with E-state index in [1.807, 2.05) is 18.2 Å². The van der Waals surface area contributed by atoms with Gasteiger partial charge in [-0.15, -0.1) is 0 Å². The second-order valence-electron chi connectivity index (χ2n) is 6.36. The van der Waals surface area contributed by atoms with E-state index in [-0.39, 0.29) is 11.2 Å². The first-order valence-electron chi connectivity index (χ1n) is 7.06. The van der Waals surface area contributed by atoms with Gasteiger partial charge in [0.1, 0.15) is 5.78 Å². The average Bonchev–Trinajstić information content (AvgIpc) is 2.38. The third-order valence-corrected chi connectivity index (χ3v) is 3.52. The Morgan fingerprint density at radius 3 is 2.10 bits per heavy atom. The lowest BCUT2D eigenvalue weighted by Crippen LogP contribution is -2.10. The first-order valence-corrected chi connectivity index (χ1v) is 7.06. The molecule has 0 radical (unpaired) electrons. The minimum atomic E-state index is 0.164. The first-order chi connectivity index (χ1) is 9.38. The second-order valence-corrected chi connectivity index (χ2v) is 6.36. The SMILES string of the molecule is CC(=O)Cc1ccccc1-c1ccc(C(C)(C)C)cc1. The molecule has 0 saturated carbocycles. The molecular formula is C19H22O. The van der Waals surface area contributed by atoms with E-state index in [4.69, 9.17) is 0 Å². The van der Waals surface area contributed by atoms with Crippen LogP contribution in [0.3, 0.4) is 0 Å². The topological polar surface area (TPSA) is 17.1 Å². The molecule has 2 aromatic rings. The zero-order valence-corrected chi connectivity index (χ0v) is 12.7. The van der Waals surface area contributed by atoms with Crippen molar-refractivity contribution in [2.75, 3.05) is 0 Å². The van der Waals surface area contributed by atoms with Crippen LogP contribution in [0.1, 0.15) is 38.8 Å². The number of hydrogen-bond donors (Lipinski definition) is 0. The van der Waals surface area contributed by atoms with Crippen molar-refractivity contribution in [3.8, 4) is 11.1 Å². The van der Waals surface area contributed by atoms with Gasteiger partial charge < -0.3 is 0 Å². The second kappa shape index (κ2) is 5.62. The number of ketones is 1. The fraction of sp³-hybridized carbons (Fsp3) is 0.316. The van der Waals surface area contributed by atoms with Gasteiger partial charge >= 0.3 is 0 Å². The first kappa shape index (κ1) is 14.5. The largest absolute Gasteiger partial charge is 0.300 e. The summed E-state index contributed by atoms with van der Waals surface area (Å²) in [5.74, 6) is 0.198. The van der Waals surface area contributed by atoms with Crippen molar-refractivity contribution >= 4 is 5.78 Å². The molecule has 0 fully saturated rings. The molecule has 0 bridgehead atoms. The van der Waals surface area contributed by atoms with Crippen LogP contribution in [0.15, 0.2) is 48.5 Å². The monoisotopic (exact) mass is 266 g/mol. The Hall–Kier alpha value is -1.89. The van der Waals surface area contributed by atoms with Crippen LogP contribution in [0.2, 0.25) is 0 Å². The van der Waals surface area contributed by atoms with Gasteiger partial charge in [-0.1, -0.05) is 69.3 Å². The van der Waals surface area contributed by atoms with Crippen molar-refractivity contribution in [1.82, 2.24) is 0 Å². The Balaban J connectivity index is 2.39. The summed E-state index contributed by atoms with van der Waals surface area (Å²) in [6.45, 7) is 8.28. The number of carbonyl (C=O) groups excluding carboxylic acids is 1. The lowest BCUT2D eigenvalue weighted by Gasteiger charge is -2.19. The van der Waals surface area contributed by atoms with Crippen molar-refractivity contribution in [3.05, 3.63) is 59.7 Å². The minimum Gasteiger partial charge on any atom is -0.300 e. The molecule has 0 saturated heterocycles. The minimum absolute atomic E-state index is 0.164. The van der Waals surface area contributed by atoms with Crippen LogP contribution in [0, 0.1) is 0 Å². The van der Waals surface area contributed by atoms with Crippen molar-refractivity contribution in [1.29, 1.82) is 0 Å². The zero-order chi connectivity index (χ0) is 14.8. The van der Waals surface area contributed by atoms with E-state index < -0.39 is 0 Å². The lowest BCUT2D eigenvalue weighted by molar-refractivity contribution is -0.116. The van der Waals surface area contributed by atoms with Crippen LogP contribution in [0.4, 0.5) is 0 Å². The third-order valence-electron chi connectivity index (χ3n) is 3.52. The van der Waals surface area contributed by atoms with Crippen LogP contribution >= 0.6 is 0 Å². The molecule has 0 aliphatic rings. The summed E-state index contributed by atoms with van der Waals surface area (Å²) in [4.78, 5) is 11.4. The summed E-state index contributed by atoms with van der Waals surface area (Å²) < 4.78 is 0. The van der Waals surface area contributed by atoms with Crippen LogP contribution in [0.25, 0.3) is 11.1 Å². The van der Waals surface area contributed by atoms with Gasteiger partial charge in [0.25, 0.3) is 0 Å². The molecule has 0 aliphatic carbocycles. The Bertz CT molecular complexity index is 600. The highest BCUT2D eigenvalue weighted by atomic mass is 16.1. The number of rotatable bonds is 3. The molecule has 0 unspecified atom stereocenters. The number of Topliss-reactive ketones (excluding diaryl/α,β-unsaturated/α-hetero) is 1. The van der Waals surface area contributed by atoms with E-state index in [0.29, 0.717) is 6.42 Å². The summed E-state index contributed by atoms with van der Waals surface area (Å²) in [5, 5.41) is 0. The molecule has 2 rings (SSSR count). The molecule has 1 heteroatoms.